The zero-order valence-corrected chi connectivity index (χ0v) is 15.4. The molecular formula is C17H30N2O5. The van der Waals surface area contributed by atoms with E-state index in [1.165, 1.54) is 6.20 Å². The summed E-state index contributed by atoms with van der Waals surface area (Å²) in [5.74, 6) is -1.13. The van der Waals surface area contributed by atoms with E-state index in [1.807, 2.05) is 27.7 Å². The number of rotatable bonds is 8. The van der Waals surface area contributed by atoms with Crippen molar-refractivity contribution in [2.24, 2.45) is 10.7 Å². The molecule has 0 atom stereocenters. The summed E-state index contributed by atoms with van der Waals surface area (Å²) in [7, 11) is 0. The van der Waals surface area contributed by atoms with E-state index in [0.29, 0.717) is 31.9 Å². The van der Waals surface area contributed by atoms with Gasteiger partial charge in [-0.05, 0) is 34.6 Å². The lowest BCUT2D eigenvalue weighted by molar-refractivity contribution is -0.144. The largest absolute Gasteiger partial charge is 0.462 e. The van der Waals surface area contributed by atoms with E-state index >= 15 is 0 Å². The van der Waals surface area contributed by atoms with E-state index in [2.05, 4.69) is 4.99 Å². The number of hydrogen-bond acceptors (Lipinski definition) is 7. The molecule has 7 nitrogen and oxygen atoms in total. The molecule has 0 aromatic heterocycles. The molecular weight excluding hydrogens is 312 g/mol. The first-order valence-electron chi connectivity index (χ1n) is 8.25. The highest BCUT2D eigenvalue weighted by molar-refractivity contribution is 6.20. The Hall–Kier alpha value is -1.44. The Bertz CT molecular complexity index is 474. The Morgan fingerprint density at radius 2 is 1.96 bits per heavy atom. The Morgan fingerprint density at radius 1 is 1.33 bits per heavy atom. The summed E-state index contributed by atoms with van der Waals surface area (Å²) in [5, 5.41) is 0. The molecule has 138 valence electrons. The summed E-state index contributed by atoms with van der Waals surface area (Å²) in [6.45, 7) is 11.4. The van der Waals surface area contributed by atoms with E-state index < -0.39 is 11.8 Å². The quantitative estimate of drug-likeness (QED) is 0.411. The molecule has 0 unspecified atom stereocenters. The van der Waals surface area contributed by atoms with Crippen molar-refractivity contribution >= 4 is 11.7 Å². The van der Waals surface area contributed by atoms with Crippen LogP contribution in [0.1, 0.15) is 41.0 Å². The lowest BCUT2D eigenvalue weighted by atomic mass is 10.1. The van der Waals surface area contributed by atoms with Crippen molar-refractivity contribution in [1.82, 2.24) is 0 Å². The van der Waals surface area contributed by atoms with Crippen LogP contribution >= 0.6 is 0 Å². The SMILES string of the molecule is CCOC(=O)C(=CN)C(COC(C)(C)C)=NCCC1(C)OCCO1. The summed E-state index contributed by atoms with van der Waals surface area (Å²) < 4.78 is 21.9. The van der Waals surface area contributed by atoms with Gasteiger partial charge < -0.3 is 24.7 Å². The van der Waals surface area contributed by atoms with Crippen molar-refractivity contribution in [2.75, 3.05) is 33.0 Å². The van der Waals surface area contributed by atoms with Crippen molar-refractivity contribution in [2.45, 2.75) is 52.4 Å². The summed E-state index contributed by atoms with van der Waals surface area (Å²) in [5.41, 5.74) is 5.94. The lowest BCUT2D eigenvalue weighted by Crippen LogP contribution is -2.29. The molecule has 1 heterocycles. The topological polar surface area (TPSA) is 92.4 Å². The summed E-state index contributed by atoms with van der Waals surface area (Å²) in [4.78, 5) is 16.6. The summed E-state index contributed by atoms with van der Waals surface area (Å²) in [6, 6.07) is 0. The molecule has 1 saturated heterocycles. The minimum absolute atomic E-state index is 0.170. The third kappa shape index (κ3) is 6.98. The Kier molecular flexibility index (Phi) is 7.86. The number of nitrogens with two attached hydrogens (primary N) is 1. The molecule has 0 radical (unpaired) electrons. The first kappa shape index (κ1) is 20.6. The zero-order chi connectivity index (χ0) is 18.2. The third-order valence-electron chi connectivity index (χ3n) is 3.38. The van der Waals surface area contributed by atoms with Crippen molar-refractivity contribution in [3.63, 3.8) is 0 Å². The van der Waals surface area contributed by atoms with Gasteiger partial charge in [-0.1, -0.05) is 0 Å². The second kappa shape index (κ2) is 9.15. The van der Waals surface area contributed by atoms with Gasteiger partial charge >= 0.3 is 5.97 Å². The fourth-order valence-electron chi connectivity index (χ4n) is 2.08. The van der Waals surface area contributed by atoms with Gasteiger partial charge in [0.25, 0.3) is 0 Å². The number of aliphatic imine (C=N–C) groups is 1. The van der Waals surface area contributed by atoms with E-state index in [9.17, 15) is 4.79 Å². The maximum absolute atomic E-state index is 12.1. The number of esters is 1. The molecule has 0 amide bonds. The van der Waals surface area contributed by atoms with E-state index in [-0.39, 0.29) is 24.4 Å². The molecule has 0 spiro atoms. The maximum atomic E-state index is 12.1. The predicted octanol–water partition coefficient (Wildman–Crippen LogP) is 1.80. The molecule has 7 heteroatoms. The van der Waals surface area contributed by atoms with E-state index in [4.69, 9.17) is 24.7 Å². The molecule has 1 rings (SSSR count). The molecule has 0 saturated carbocycles. The molecule has 0 aliphatic carbocycles. The van der Waals surface area contributed by atoms with E-state index in [1.54, 1.807) is 6.92 Å². The van der Waals surface area contributed by atoms with Crippen LogP contribution in [0.5, 0.6) is 0 Å². The standard InChI is InChI=1S/C17H30N2O5/c1-6-21-15(20)13(11-18)14(12-24-16(2,3)4)19-8-7-17(5)22-9-10-23-17/h11H,6-10,12,18H2,1-5H3. The third-order valence-corrected chi connectivity index (χ3v) is 3.38. The summed E-state index contributed by atoms with van der Waals surface area (Å²) >= 11 is 0. The average molecular weight is 342 g/mol. The van der Waals surface area contributed by atoms with Gasteiger partial charge in [-0.15, -0.1) is 0 Å². The fourth-order valence-corrected chi connectivity index (χ4v) is 2.08. The number of carbonyl (C=O) groups is 1. The van der Waals surface area contributed by atoms with Crippen LogP contribution in [0.4, 0.5) is 0 Å². The van der Waals surface area contributed by atoms with Crippen LogP contribution in [0, 0.1) is 0 Å². The van der Waals surface area contributed by atoms with Crippen molar-refractivity contribution in [1.29, 1.82) is 0 Å². The van der Waals surface area contributed by atoms with Gasteiger partial charge in [-0.3, -0.25) is 4.99 Å². The molecule has 24 heavy (non-hydrogen) atoms. The van der Waals surface area contributed by atoms with Crippen LogP contribution in [-0.4, -0.2) is 56.0 Å². The predicted molar refractivity (Wildman–Crippen MR) is 91.8 cm³/mol. The molecule has 1 aliphatic heterocycles. The number of carbonyl (C=O) groups excluding carboxylic acids is 1. The van der Waals surface area contributed by atoms with Crippen LogP contribution in [0.2, 0.25) is 0 Å². The normalized spacial score (nSPS) is 18.7. The Morgan fingerprint density at radius 3 is 2.46 bits per heavy atom. The zero-order valence-electron chi connectivity index (χ0n) is 15.4. The minimum atomic E-state index is -0.629. The van der Waals surface area contributed by atoms with Gasteiger partial charge in [-0.25, -0.2) is 4.79 Å². The number of nitrogens with zero attached hydrogens (tertiary/aromatic N) is 1. The smallest absolute Gasteiger partial charge is 0.341 e. The molecule has 0 bridgehead atoms. The first-order chi connectivity index (χ1) is 11.2. The lowest BCUT2D eigenvalue weighted by Gasteiger charge is -2.22. The molecule has 0 aromatic carbocycles. The van der Waals surface area contributed by atoms with Crippen molar-refractivity contribution in [3.8, 4) is 0 Å². The van der Waals surface area contributed by atoms with Crippen LogP contribution in [0.15, 0.2) is 16.8 Å². The Balaban J connectivity index is 2.82. The van der Waals surface area contributed by atoms with Crippen LogP contribution in [0.3, 0.4) is 0 Å². The van der Waals surface area contributed by atoms with Crippen LogP contribution < -0.4 is 5.73 Å². The molecule has 0 aromatic rings. The minimum Gasteiger partial charge on any atom is -0.462 e. The summed E-state index contributed by atoms with van der Waals surface area (Å²) in [6.07, 6.45) is 1.79. The number of hydrogen-bond donors (Lipinski definition) is 1. The van der Waals surface area contributed by atoms with Gasteiger partial charge in [0.15, 0.2) is 5.79 Å². The maximum Gasteiger partial charge on any atom is 0.341 e. The second-order valence-corrected chi connectivity index (χ2v) is 6.61. The van der Waals surface area contributed by atoms with Gasteiger partial charge in [0.1, 0.15) is 0 Å². The molecule has 1 aliphatic rings. The van der Waals surface area contributed by atoms with Crippen LogP contribution in [-0.2, 0) is 23.7 Å². The van der Waals surface area contributed by atoms with Crippen molar-refractivity contribution < 1.29 is 23.7 Å². The Labute approximate surface area is 144 Å². The molecule has 1 fully saturated rings. The number of ether oxygens (including phenoxy) is 4. The van der Waals surface area contributed by atoms with Gasteiger partial charge in [0, 0.05) is 19.2 Å². The van der Waals surface area contributed by atoms with Gasteiger partial charge in [0.2, 0.25) is 0 Å². The van der Waals surface area contributed by atoms with Gasteiger partial charge in [0.05, 0.1) is 43.3 Å². The monoisotopic (exact) mass is 342 g/mol. The van der Waals surface area contributed by atoms with Crippen LogP contribution in [0.25, 0.3) is 0 Å². The van der Waals surface area contributed by atoms with Crippen molar-refractivity contribution in [3.05, 3.63) is 11.8 Å². The van der Waals surface area contributed by atoms with Gasteiger partial charge in [-0.2, -0.15) is 0 Å². The average Bonchev–Trinajstić information content (AvgIpc) is 2.91. The highest BCUT2D eigenvalue weighted by Gasteiger charge is 2.30. The fraction of sp³-hybridized carbons (Fsp3) is 0.765. The van der Waals surface area contributed by atoms with E-state index in [0.717, 1.165) is 0 Å². The highest BCUT2D eigenvalue weighted by atomic mass is 16.7. The molecule has 2 N–H and O–H groups in total. The highest BCUT2D eigenvalue weighted by Crippen LogP contribution is 2.22. The second-order valence-electron chi connectivity index (χ2n) is 6.61. The first-order valence-corrected chi connectivity index (χ1v) is 8.25.